The van der Waals surface area contributed by atoms with Crippen LogP contribution in [-0.4, -0.2) is 58.5 Å². The zero-order valence-corrected chi connectivity index (χ0v) is 25.2. The Hall–Kier alpha value is -3.62. The Kier molecular flexibility index (Phi) is 10.8. The fourth-order valence-electron chi connectivity index (χ4n) is 4.77. The van der Waals surface area contributed by atoms with E-state index >= 15 is 0 Å². The molecular formula is C33H39ClN2O6. The Morgan fingerprint density at radius 2 is 1.76 bits per heavy atom. The van der Waals surface area contributed by atoms with Gasteiger partial charge in [-0.1, -0.05) is 60.5 Å². The summed E-state index contributed by atoms with van der Waals surface area (Å²) in [5.41, 5.74) is 2.04. The monoisotopic (exact) mass is 594 g/mol. The Labute approximate surface area is 252 Å². The van der Waals surface area contributed by atoms with Crippen LogP contribution in [0.25, 0.3) is 11.1 Å². The lowest BCUT2D eigenvalue weighted by Gasteiger charge is -2.29. The maximum atomic E-state index is 13.3. The first-order valence-corrected chi connectivity index (χ1v) is 14.8. The molecule has 1 heterocycles. The predicted octanol–water partition coefficient (Wildman–Crippen LogP) is 7.24. The fourth-order valence-corrected chi connectivity index (χ4v) is 4.88. The smallest absolute Gasteiger partial charge is 0.410 e. The maximum absolute atomic E-state index is 13.3. The molecule has 0 unspecified atom stereocenters. The molecule has 0 radical (unpaired) electrons. The molecule has 1 atom stereocenters. The van der Waals surface area contributed by atoms with Gasteiger partial charge in [0.25, 0.3) is 0 Å². The van der Waals surface area contributed by atoms with Gasteiger partial charge in [0.05, 0.1) is 25.3 Å². The molecule has 8 nitrogen and oxygen atoms in total. The van der Waals surface area contributed by atoms with Gasteiger partial charge in [0.1, 0.15) is 28.7 Å². The first kappa shape index (κ1) is 31.3. The lowest BCUT2D eigenvalue weighted by Crippen LogP contribution is -2.41. The van der Waals surface area contributed by atoms with Crippen molar-refractivity contribution in [2.24, 2.45) is 0 Å². The highest BCUT2D eigenvalue weighted by atomic mass is 35.5. The van der Waals surface area contributed by atoms with Gasteiger partial charge in [0.2, 0.25) is 0 Å². The molecular weight excluding hydrogens is 556 g/mol. The minimum Gasteiger partial charge on any atom is -0.490 e. The van der Waals surface area contributed by atoms with E-state index in [1.807, 2.05) is 42.5 Å². The molecule has 1 aliphatic carbocycles. The normalized spacial score (nSPS) is 14.6. The summed E-state index contributed by atoms with van der Waals surface area (Å²) in [5.74, 6) is -0.0603. The van der Waals surface area contributed by atoms with E-state index in [4.69, 9.17) is 25.8 Å². The number of carbonyl (C=O) groups excluding carboxylic acids is 2. The van der Waals surface area contributed by atoms with Gasteiger partial charge in [0, 0.05) is 11.8 Å². The van der Waals surface area contributed by atoms with Crippen LogP contribution in [0.5, 0.6) is 5.75 Å². The van der Waals surface area contributed by atoms with Crippen molar-refractivity contribution < 1.29 is 28.9 Å². The van der Waals surface area contributed by atoms with Crippen LogP contribution in [0.4, 0.5) is 4.79 Å². The molecule has 0 aliphatic heterocycles. The van der Waals surface area contributed by atoms with E-state index in [2.05, 4.69) is 4.98 Å². The summed E-state index contributed by atoms with van der Waals surface area (Å²) in [6.07, 6.45) is 5.10. The van der Waals surface area contributed by atoms with Crippen LogP contribution in [0.15, 0.2) is 66.9 Å². The van der Waals surface area contributed by atoms with E-state index in [9.17, 15) is 14.7 Å². The van der Waals surface area contributed by atoms with Crippen molar-refractivity contribution in [3.8, 4) is 16.9 Å². The lowest BCUT2D eigenvalue weighted by molar-refractivity contribution is 0.00653. The number of esters is 1. The third-order valence-corrected chi connectivity index (χ3v) is 7.15. The maximum Gasteiger partial charge on any atom is 0.410 e. The van der Waals surface area contributed by atoms with Gasteiger partial charge >= 0.3 is 12.1 Å². The number of amides is 1. The van der Waals surface area contributed by atoms with Gasteiger partial charge in [-0.25, -0.2) is 14.6 Å². The van der Waals surface area contributed by atoms with Crippen molar-refractivity contribution in [1.29, 1.82) is 0 Å². The van der Waals surface area contributed by atoms with Crippen molar-refractivity contribution in [2.45, 2.75) is 70.7 Å². The number of carbonyl (C=O) groups is 2. The molecule has 1 amide bonds. The Bertz CT molecular complexity index is 1320. The van der Waals surface area contributed by atoms with Crippen molar-refractivity contribution in [3.63, 3.8) is 0 Å². The summed E-state index contributed by atoms with van der Waals surface area (Å²) in [4.78, 5) is 31.6. The van der Waals surface area contributed by atoms with Crippen molar-refractivity contribution in [1.82, 2.24) is 9.88 Å². The summed E-state index contributed by atoms with van der Waals surface area (Å²) in [5, 5.41) is 11.1. The van der Waals surface area contributed by atoms with Gasteiger partial charge in [0.15, 0.2) is 0 Å². The Balaban J connectivity index is 1.47. The van der Waals surface area contributed by atoms with Crippen LogP contribution < -0.4 is 4.74 Å². The summed E-state index contributed by atoms with van der Waals surface area (Å²) < 4.78 is 17.5. The number of nitrogens with zero attached hydrogens (tertiary/aromatic N) is 2. The molecule has 42 heavy (non-hydrogen) atoms. The minimum atomic E-state index is -1.04. The van der Waals surface area contributed by atoms with E-state index in [1.54, 1.807) is 39.0 Å². The van der Waals surface area contributed by atoms with Gasteiger partial charge in [-0.05, 0) is 75.8 Å². The molecule has 0 spiro atoms. The summed E-state index contributed by atoms with van der Waals surface area (Å²) in [6, 6.07) is 18.6. The number of benzene rings is 2. The number of ether oxygens (including phenoxy) is 3. The topological polar surface area (TPSA) is 98.2 Å². The molecule has 4 rings (SSSR count). The number of hydrogen-bond acceptors (Lipinski definition) is 7. The second kappa shape index (κ2) is 14.5. The molecule has 0 saturated heterocycles. The van der Waals surface area contributed by atoms with E-state index in [-0.39, 0.29) is 25.8 Å². The Morgan fingerprint density at radius 1 is 1.02 bits per heavy atom. The number of aliphatic hydroxyl groups excluding tert-OH is 1. The van der Waals surface area contributed by atoms with Crippen LogP contribution >= 0.6 is 11.6 Å². The average Bonchev–Trinajstić information content (AvgIpc) is 2.97. The molecule has 0 bridgehead atoms. The fraction of sp³-hybridized carbons (Fsp3) is 0.424. The quantitative estimate of drug-likeness (QED) is 0.195. The summed E-state index contributed by atoms with van der Waals surface area (Å²) >= 11 is 5.86. The van der Waals surface area contributed by atoms with Crippen LogP contribution in [0.3, 0.4) is 0 Å². The van der Waals surface area contributed by atoms with Crippen LogP contribution in [-0.2, 0) is 9.47 Å². The van der Waals surface area contributed by atoms with E-state index in [0.717, 1.165) is 36.8 Å². The molecule has 9 heteroatoms. The van der Waals surface area contributed by atoms with Gasteiger partial charge in [-0.3, -0.25) is 0 Å². The molecule has 2 aromatic carbocycles. The summed E-state index contributed by atoms with van der Waals surface area (Å²) in [6.45, 7) is 5.10. The van der Waals surface area contributed by atoms with Gasteiger partial charge in [-0.2, -0.15) is 0 Å². The minimum absolute atomic E-state index is 0.0135. The zero-order valence-electron chi connectivity index (χ0n) is 24.4. The first-order chi connectivity index (χ1) is 20.1. The standard InChI is InChI=1S/C33H39ClN2O6/c1-33(2,3)42-32(39)36(22-28(37)25-15-17-30(34)35-21-25)18-19-40-31(38)27-16-14-24(23-10-6-4-7-11-23)20-29(27)41-26-12-8-5-9-13-26/h4,6-7,10-11,14-17,20-21,26,28,37H,5,8-9,12-13,18-19,22H2,1-3H3/t28-/m0/s1. The average molecular weight is 595 g/mol. The third-order valence-electron chi connectivity index (χ3n) is 6.93. The number of hydrogen-bond donors (Lipinski definition) is 1. The highest BCUT2D eigenvalue weighted by Gasteiger charge is 2.26. The van der Waals surface area contributed by atoms with Crippen LogP contribution in [0, 0.1) is 0 Å². The lowest BCUT2D eigenvalue weighted by atomic mass is 9.97. The molecule has 1 saturated carbocycles. The molecule has 3 aromatic rings. The predicted molar refractivity (Wildman–Crippen MR) is 162 cm³/mol. The highest BCUT2D eigenvalue weighted by Crippen LogP contribution is 2.31. The van der Waals surface area contributed by atoms with E-state index in [1.165, 1.54) is 17.5 Å². The number of aromatic nitrogens is 1. The third kappa shape index (κ3) is 9.19. The van der Waals surface area contributed by atoms with Gasteiger partial charge in [-0.15, -0.1) is 0 Å². The molecule has 1 aliphatic rings. The first-order valence-electron chi connectivity index (χ1n) is 14.4. The van der Waals surface area contributed by atoms with Gasteiger partial charge < -0.3 is 24.2 Å². The number of halogens is 1. The molecule has 1 aromatic heterocycles. The van der Waals surface area contributed by atoms with E-state index < -0.39 is 23.8 Å². The highest BCUT2D eigenvalue weighted by molar-refractivity contribution is 6.29. The van der Waals surface area contributed by atoms with Crippen molar-refractivity contribution in [2.75, 3.05) is 19.7 Å². The second-order valence-corrected chi connectivity index (χ2v) is 11.8. The largest absolute Gasteiger partial charge is 0.490 e. The summed E-state index contributed by atoms with van der Waals surface area (Å²) in [7, 11) is 0. The number of pyridine rings is 1. The van der Waals surface area contributed by atoms with E-state index in [0.29, 0.717) is 22.0 Å². The molecule has 1 N–H and O–H groups in total. The SMILES string of the molecule is CC(C)(C)OC(=O)N(CCOC(=O)c1ccc(-c2ccccc2)cc1OC1CCCCC1)C[C@H](O)c1ccc(Cl)nc1. The van der Waals surface area contributed by atoms with Crippen molar-refractivity contribution >= 4 is 23.7 Å². The van der Waals surface area contributed by atoms with Crippen LogP contribution in [0.1, 0.15) is 74.9 Å². The second-order valence-electron chi connectivity index (χ2n) is 11.4. The van der Waals surface area contributed by atoms with Crippen molar-refractivity contribution in [3.05, 3.63) is 83.1 Å². The van der Waals surface area contributed by atoms with Crippen LogP contribution in [0.2, 0.25) is 5.15 Å². The number of aliphatic hydroxyl groups is 1. The number of rotatable bonds is 10. The molecule has 224 valence electrons. The Morgan fingerprint density at radius 3 is 2.43 bits per heavy atom. The molecule has 1 fully saturated rings. The zero-order chi connectivity index (χ0) is 30.1.